The van der Waals surface area contributed by atoms with E-state index in [4.69, 9.17) is 5.11 Å². The molecule has 1 amide bonds. The molecule has 1 aliphatic carbocycles. The van der Waals surface area contributed by atoms with Crippen molar-refractivity contribution >= 4 is 17.8 Å². The number of carboxylic acids is 1. The molecule has 0 spiro atoms. The van der Waals surface area contributed by atoms with Crippen LogP contribution in [-0.4, -0.2) is 47.0 Å². The summed E-state index contributed by atoms with van der Waals surface area (Å²) in [6, 6.07) is 6.14. The van der Waals surface area contributed by atoms with Gasteiger partial charge in [0.05, 0.1) is 12.7 Å². The predicted octanol–water partition coefficient (Wildman–Crippen LogP) is 1.87. The van der Waals surface area contributed by atoms with Crippen LogP contribution in [0, 0.1) is 0 Å². The monoisotopic (exact) mass is 319 g/mol. The number of hydrogen-bond acceptors (Lipinski definition) is 4. The zero-order valence-electron chi connectivity index (χ0n) is 13.3. The van der Waals surface area contributed by atoms with Crippen molar-refractivity contribution in [3.8, 4) is 0 Å². The van der Waals surface area contributed by atoms with Gasteiger partial charge in [-0.15, -0.1) is 0 Å². The Balaban J connectivity index is 1.95. The van der Waals surface area contributed by atoms with Crippen LogP contribution in [0.25, 0.3) is 0 Å². The molecule has 1 aliphatic rings. The van der Waals surface area contributed by atoms with Crippen molar-refractivity contribution in [3.05, 3.63) is 35.4 Å². The van der Waals surface area contributed by atoms with E-state index in [0.717, 1.165) is 18.4 Å². The molecule has 0 aromatic heterocycles. The van der Waals surface area contributed by atoms with E-state index in [1.54, 1.807) is 31.2 Å². The molecule has 1 N–H and O–H groups in total. The summed E-state index contributed by atoms with van der Waals surface area (Å²) in [5.74, 6) is -1.52. The zero-order chi connectivity index (χ0) is 17.0. The van der Waals surface area contributed by atoms with E-state index in [2.05, 4.69) is 4.74 Å². The molecular weight excluding hydrogens is 298 g/mol. The van der Waals surface area contributed by atoms with E-state index in [1.807, 2.05) is 0 Å². The fourth-order valence-corrected chi connectivity index (χ4v) is 2.51. The minimum atomic E-state index is -0.979. The lowest BCUT2D eigenvalue weighted by Gasteiger charge is -2.26. The third-order valence-corrected chi connectivity index (χ3v) is 4.01. The van der Waals surface area contributed by atoms with Crippen molar-refractivity contribution in [2.45, 2.75) is 44.7 Å². The number of aliphatic carboxylic acids is 1. The SMILES string of the molecule is COC(=O)c1ccc(CCC(=O)N(C2CC2)C(C)C(=O)O)cc1. The number of benzene rings is 1. The minimum Gasteiger partial charge on any atom is -0.480 e. The number of hydrogen-bond donors (Lipinski definition) is 1. The molecule has 1 aromatic carbocycles. The van der Waals surface area contributed by atoms with Crippen LogP contribution >= 0.6 is 0 Å². The van der Waals surface area contributed by atoms with Crippen molar-refractivity contribution in [2.24, 2.45) is 0 Å². The van der Waals surface area contributed by atoms with Crippen molar-refractivity contribution in [1.29, 1.82) is 0 Å². The smallest absolute Gasteiger partial charge is 0.337 e. The highest BCUT2D eigenvalue weighted by Crippen LogP contribution is 2.29. The molecule has 124 valence electrons. The van der Waals surface area contributed by atoms with Crippen LogP contribution in [0.2, 0.25) is 0 Å². The molecular formula is C17H21NO5. The summed E-state index contributed by atoms with van der Waals surface area (Å²) in [5.41, 5.74) is 1.38. The Morgan fingerprint density at radius 1 is 1.26 bits per heavy atom. The molecule has 1 unspecified atom stereocenters. The molecule has 1 fully saturated rings. The molecule has 6 heteroatoms. The van der Waals surface area contributed by atoms with Crippen molar-refractivity contribution in [2.75, 3.05) is 7.11 Å². The van der Waals surface area contributed by atoms with Crippen LogP contribution < -0.4 is 0 Å². The van der Waals surface area contributed by atoms with Crippen LogP contribution in [0.5, 0.6) is 0 Å². The summed E-state index contributed by atoms with van der Waals surface area (Å²) in [5, 5.41) is 9.13. The summed E-state index contributed by atoms with van der Waals surface area (Å²) in [4.78, 5) is 36.4. The molecule has 2 rings (SSSR count). The van der Waals surface area contributed by atoms with Gasteiger partial charge >= 0.3 is 11.9 Å². The maximum atomic E-state index is 12.4. The number of esters is 1. The van der Waals surface area contributed by atoms with Crippen LogP contribution in [0.15, 0.2) is 24.3 Å². The lowest BCUT2D eigenvalue weighted by atomic mass is 10.1. The van der Waals surface area contributed by atoms with Gasteiger partial charge in [0.1, 0.15) is 6.04 Å². The Kier molecular flexibility index (Phi) is 5.36. The molecule has 0 bridgehead atoms. The summed E-state index contributed by atoms with van der Waals surface area (Å²) >= 11 is 0. The van der Waals surface area contributed by atoms with Gasteiger partial charge in [0.2, 0.25) is 5.91 Å². The van der Waals surface area contributed by atoms with Gasteiger partial charge in [-0.2, -0.15) is 0 Å². The first-order chi connectivity index (χ1) is 10.9. The van der Waals surface area contributed by atoms with E-state index in [0.29, 0.717) is 12.0 Å². The van der Waals surface area contributed by atoms with Crippen LogP contribution in [0.1, 0.15) is 42.1 Å². The number of rotatable bonds is 7. The molecule has 0 heterocycles. The van der Waals surface area contributed by atoms with E-state index in [9.17, 15) is 14.4 Å². The highest BCUT2D eigenvalue weighted by molar-refractivity contribution is 5.89. The average molecular weight is 319 g/mol. The molecule has 1 saturated carbocycles. The topological polar surface area (TPSA) is 83.9 Å². The first-order valence-electron chi connectivity index (χ1n) is 7.65. The van der Waals surface area contributed by atoms with Gasteiger partial charge in [0.15, 0.2) is 0 Å². The maximum absolute atomic E-state index is 12.4. The fraction of sp³-hybridized carbons (Fsp3) is 0.471. The van der Waals surface area contributed by atoms with Crippen LogP contribution in [0.3, 0.4) is 0 Å². The van der Waals surface area contributed by atoms with E-state index in [-0.39, 0.29) is 18.4 Å². The normalized spacial score (nSPS) is 14.9. The lowest BCUT2D eigenvalue weighted by molar-refractivity contribution is -0.150. The number of methoxy groups -OCH3 is 1. The second-order valence-corrected chi connectivity index (χ2v) is 5.73. The van der Waals surface area contributed by atoms with Gasteiger partial charge in [-0.1, -0.05) is 12.1 Å². The molecule has 23 heavy (non-hydrogen) atoms. The second-order valence-electron chi connectivity index (χ2n) is 5.73. The van der Waals surface area contributed by atoms with Crippen LogP contribution in [0.4, 0.5) is 0 Å². The third-order valence-electron chi connectivity index (χ3n) is 4.01. The first-order valence-corrected chi connectivity index (χ1v) is 7.65. The molecule has 0 aliphatic heterocycles. The van der Waals surface area contributed by atoms with Gasteiger partial charge in [0.25, 0.3) is 0 Å². The Morgan fingerprint density at radius 3 is 2.35 bits per heavy atom. The third kappa shape index (κ3) is 4.31. The number of ether oxygens (including phenoxy) is 1. The molecule has 1 aromatic rings. The van der Waals surface area contributed by atoms with Gasteiger partial charge in [-0.25, -0.2) is 9.59 Å². The fourth-order valence-electron chi connectivity index (χ4n) is 2.51. The van der Waals surface area contributed by atoms with Gasteiger partial charge in [-0.3, -0.25) is 4.79 Å². The van der Waals surface area contributed by atoms with Crippen molar-refractivity contribution in [1.82, 2.24) is 4.90 Å². The minimum absolute atomic E-state index is 0.0651. The highest BCUT2D eigenvalue weighted by Gasteiger charge is 2.37. The van der Waals surface area contributed by atoms with Crippen molar-refractivity contribution < 1.29 is 24.2 Å². The summed E-state index contributed by atoms with van der Waals surface area (Å²) in [6.07, 6.45) is 2.51. The molecule has 1 atom stereocenters. The van der Waals surface area contributed by atoms with E-state index >= 15 is 0 Å². The van der Waals surface area contributed by atoms with Gasteiger partial charge < -0.3 is 14.7 Å². The van der Waals surface area contributed by atoms with Crippen molar-refractivity contribution in [3.63, 3.8) is 0 Å². The molecule has 0 saturated heterocycles. The number of aryl methyl sites for hydroxylation is 1. The summed E-state index contributed by atoms with van der Waals surface area (Å²) in [7, 11) is 1.32. The van der Waals surface area contributed by atoms with E-state index < -0.39 is 18.0 Å². The second kappa shape index (κ2) is 7.26. The lowest BCUT2D eigenvalue weighted by Crippen LogP contribution is -2.44. The standard InChI is InChI=1S/C17H21NO5/c1-11(16(20)21)18(14-8-9-14)15(19)10-5-12-3-6-13(7-4-12)17(22)23-2/h3-4,6-7,11,14H,5,8-10H2,1-2H3,(H,20,21). The summed E-state index contributed by atoms with van der Waals surface area (Å²) in [6.45, 7) is 1.55. The van der Waals surface area contributed by atoms with E-state index in [1.165, 1.54) is 12.0 Å². The number of carbonyl (C=O) groups is 3. The zero-order valence-corrected chi connectivity index (χ0v) is 13.3. The molecule has 0 radical (unpaired) electrons. The predicted molar refractivity (Wildman–Crippen MR) is 83.1 cm³/mol. The Morgan fingerprint density at radius 2 is 1.87 bits per heavy atom. The quantitative estimate of drug-likeness (QED) is 0.776. The molecule has 6 nitrogen and oxygen atoms in total. The van der Waals surface area contributed by atoms with Gasteiger partial charge in [-0.05, 0) is 43.9 Å². The number of carbonyl (C=O) groups excluding carboxylic acids is 2. The Hall–Kier alpha value is -2.37. The maximum Gasteiger partial charge on any atom is 0.337 e. The number of nitrogens with zero attached hydrogens (tertiary/aromatic N) is 1. The van der Waals surface area contributed by atoms with Gasteiger partial charge in [0, 0.05) is 12.5 Å². The first kappa shape index (κ1) is 17.0. The Labute approximate surface area is 135 Å². The largest absolute Gasteiger partial charge is 0.480 e. The Bertz CT molecular complexity index is 592. The number of carboxylic acid groups (broad SMARTS) is 1. The summed E-state index contributed by atoms with van der Waals surface area (Å²) < 4.78 is 4.63. The van der Waals surface area contributed by atoms with Crippen LogP contribution in [-0.2, 0) is 20.7 Å². The highest BCUT2D eigenvalue weighted by atomic mass is 16.5. The average Bonchev–Trinajstić information content (AvgIpc) is 3.37. The number of amides is 1.